The Hall–Kier alpha value is -2.07. The van der Waals surface area contributed by atoms with Crippen LogP contribution in [0.15, 0.2) is 42.6 Å². The summed E-state index contributed by atoms with van der Waals surface area (Å²) in [5.74, 6) is 0.935. The number of para-hydroxylation sites is 2. The van der Waals surface area contributed by atoms with Gasteiger partial charge in [-0.1, -0.05) is 18.2 Å². The predicted molar refractivity (Wildman–Crippen MR) is 84.8 cm³/mol. The van der Waals surface area contributed by atoms with Crippen LogP contribution < -0.4 is 15.0 Å². The molecule has 2 heterocycles. The van der Waals surface area contributed by atoms with Crippen LogP contribution in [-0.4, -0.2) is 31.2 Å². The van der Waals surface area contributed by atoms with Gasteiger partial charge in [0.2, 0.25) is 0 Å². The van der Waals surface area contributed by atoms with E-state index in [0.29, 0.717) is 6.61 Å². The van der Waals surface area contributed by atoms with Crippen LogP contribution in [-0.2, 0) is 6.61 Å². The second-order valence-corrected chi connectivity index (χ2v) is 5.26. The zero-order chi connectivity index (χ0) is 14.5. The van der Waals surface area contributed by atoms with Crippen LogP contribution in [0.1, 0.15) is 11.3 Å². The van der Waals surface area contributed by atoms with E-state index in [-0.39, 0.29) is 0 Å². The van der Waals surface area contributed by atoms with Crippen LogP contribution in [0.25, 0.3) is 0 Å². The lowest BCUT2D eigenvalue weighted by atomic mass is 10.2. The monoisotopic (exact) mass is 283 g/mol. The molecule has 3 rings (SSSR count). The molecule has 0 saturated carbocycles. The smallest absolute Gasteiger partial charge is 0.143 e. The van der Waals surface area contributed by atoms with Crippen LogP contribution in [0.4, 0.5) is 5.69 Å². The fraction of sp³-hybridized carbons (Fsp3) is 0.353. The molecular formula is C17H21N3O. The van der Waals surface area contributed by atoms with Gasteiger partial charge >= 0.3 is 0 Å². The highest BCUT2D eigenvalue weighted by Crippen LogP contribution is 2.28. The van der Waals surface area contributed by atoms with Gasteiger partial charge in [0.15, 0.2) is 0 Å². The number of piperazine rings is 1. The number of pyridine rings is 1. The SMILES string of the molecule is Cc1cccnc1COc1ccccc1N1CCNCC1. The van der Waals surface area contributed by atoms with Gasteiger partial charge in [0.25, 0.3) is 0 Å². The highest BCUT2D eigenvalue weighted by Gasteiger charge is 2.14. The maximum atomic E-state index is 6.03. The predicted octanol–water partition coefficient (Wildman–Crippen LogP) is 2.38. The summed E-state index contributed by atoms with van der Waals surface area (Å²) in [4.78, 5) is 6.76. The van der Waals surface area contributed by atoms with E-state index in [2.05, 4.69) is 40.3 Å². The molecule has 0 atom stereocenters. The average molecular weight is 283 g/mol. The molecule has 1 aromatic carbocycles. The number of aromatic nitrogens is 1. The summed E-state index contributed by atoms with van der Waals surface area (Å²) >= 11 is 0. The third-order valence-electron chi connectivity index (χ3n) is 3.81. The van der Waals surface area contributed by atoms with Crippen molar-refractivity contribution in [1.29, 1.82) is 0 Å². The Kier molecular flexibility index (Phi) is 4.36. The molecule has 4 nitrogen and oxygen atoms in total. The number of hydrogen-bond donors (Lipinski definition) is 1. The summed E-state index contributed by atoms with van der Waals surface area (Å²) in [5.41, 5.74) is 3.33. The number of nitrogens with one attached hydrogen (secondary N) is 1. The Bertz CT molecular complexity index is 594. The first kappa shape index (κ1) is 13.9. The Morgan fingerprint density at radius 1 is 1.14 bits per heavy atom. The molecule has 0 amide bonds. The molecule has 1 aliphatic rings. The van der Waals surface area contributed by atoms with Crippen LogP contribution in [0.2, 0.25) is 0 Å². The number of rotatable bonds is 4. The van der Waals surface area contributed by atoms with E-state index in [1.54, 1.807) is 0 Å². The van der Waals surface area contributed by atoms with Crippen molar-refractivity contribution in [1.82, 2.24) is 10.3 Å². The topological polar surface area (TPSA) is 37.4 Å². The highest BCUT2D eigenvalue weighted by atomic mass is 16.5. The molecule has 1 aliphatic heterocycles. The van der Waals surface area contributed by atoms with Gasteiger partial charge in [0.05, 0.1) is 11.4 Å². The molecular weight excluding hydrogens is 262 g/mol. The lowest BCUT2D eigenvalue weighted by molar-refractivity contribution is 0.300. The van der Waals surface area contributed by atoms with Gasteiger partial charge in [-0.15, -0.1) is 0 Å². The van der Waals surface area contributed by atoms with Crippen LogP contribution in [0, 0.1) is 6.92 Å². The van der Waals surface area contributed by atoms with Crippen molar-refractivity contribution in [2.45, 2.75) is 13.5 Å². The maximum Gasteiger partial charge on any atom is 0.143 e. The number of nitrogens with zero attached hydrogens (tertiary/aromatic N) is 2. The summed E-state index contributed by atoms with van der Waals surface area (Å²) in [6, 6.07) is 12.3. The normalized spacial score (nSPS) is 15.0. The third-order valence-corrected chi connectivity index (χ3v) is 3.81. The number of benzene rings is 1. The van der Waals surface area contributed by atoms with E-state index in [9.17, 15) is 0 Å². The molecule has 1 aromatic heterocycles. The zero-order valence-corrected chi connectivity index (χ0v) is 12.4. The quantitative estimate of drug-likeness (QED) is 0.935. The molecule has 0 unspecified atom stereocenters. The van der Waals surface area contributed by atoms with Gasteiger partial charge in [0.1, 0.15) is 12.4 Å². The number of aryl methyl sites for hydroxylation is 1. The van der Waals surface area contributed by atoms with Crippen molar-refractivity contribution in [3.8, 4) is 5.75 Å². The minimum Gasteiger partial charge on any atom is -0.485 e. The lowest BCUT2D eigenvalue weighted by Gasteiger charge is -2.30. The Labute approximate surface area is 125 Å². The lowest BCUT2D eigenvalue weighted by Crippen LogP contribution is -2.43. The molecule has 4 heteroatoms. The van der Waals surface area contributed by atoms with Gasteiger partial charge in [-0.25, -0.2) is 0 Å². The summed E-state index contributed by atoms with van der Waals surface area (Å²) in [7, 11) is 0. The molecule has 1 N–H and O–H groups in total. The summed E-state index contributed by atoms with van der Waals surface area (Å²) in [5, 5.41) is 3.38. The molecule has 1 saturated heterocycles. The van der Waals surface area contributed by atoms with Crippen LogP contribution in [0.5, 0.6) is 5.75 Å². The Balaban J connectivity index is 1.74. The average Bonchev–Trinajstić information content (AvgIpc) is 2.55. The van der Waals surface area contributed by atoms with Crippen molar-refractivity contribution in [2.24, 2.45) is 0 Å². The van der Waals surface area contributed by atoms with Gasteiger partial charge in [0, 0.05) is 32.4 Å². The second-order valence-electron chi connectivity index (χ2n) is 5.26. The second kappa shape index (κ2) is 6.59. The number of anilines is 1. The van der Waals surface area contributed by atoms with Crippen molar-refractivity contribution in [3.63, 3.8) is 0 Å². The largest absolute Gasteiger partial charge is 0.485 e. The Morgan fingerprint density at radius 2 is 1.95 bits per heavy atom. The van der Waals surface area contributed by atoms with Crippen molar-refractivity contribution in [2.75, 3.05) is 31.1 Å². The molecule has 0 bridgehead atoms. The summed E-state index contributed by atoms with van der Waals surface area (Å²) in [6.45, 7) is 6.65. The van der Waals surface area contributed by atoms with E-state index in [4.69, 9.17) is 4.74 Å². The van der Waals surface area contributed by atoms with Crippen LogP contribution in [0.3, 0.4) is 0 Å². The first-order chi connectivity index (χ1) is 10.3. The maximum absolute atomic E-state index is 6.03. The minimum atomic E-state index is 0.510. The van der Waals surface area contributed by atoms with Gasteiger partial charge in [-0.05, 0) is 30.7 Å². The fourth-order valence-electron chi connectivity index (χ4n) is 2.56. The van der Waals surface area contributed by atoms with Gasteiger partial charge < -0.3 is 15.0 Å². The standard InChI is InChI=1S/C17H21N3O/c1-14-5-4-8-19-15(14)13-21-17-7-3-2-6-16(17)20-11-9-18-10-12-20/h2-8,18H,9-13H2,1H3. The van der Waals surface area contributed by atoms with E-state index >= 15 is 0 Å². The molecule has 0 aliphatic carbocycles. The molecule has 0 spiro atoms. The molecule has 0 radical (unpaired) electrons. The summed E-state index contributed by atoms with van der Waals surface area (Å²) in [6.07, 6.45) is 1.81. The van der Waals surface area contributed by atoms with Crippen molar-refractivity contribution in [3.05, 3.63) is 53.9 Å². The highest BCUT2D eigenvalue weighted by molar-refractivity contribution is 5.58. The number of ether oxygens (including phenoxy) is 1. The van der Waals surface area contributed by atoms with E-state index < -0.39 is 0 Å². The third kappa shape index (κ3) is 3.34. The van der Waals surface area contributed by atoms with Crippen LogP contribution >= 0.6 is 0 Å². The van der Waals surface area contributed by atoms with Crippen molar-refractivity contribution < 1.29 is 4.74 Å². The fourth-order valence-corrected chi connectivity index (χ4v) is 2.56. The van der Waals surface area contributed by atoms with Gasteiger partial charge in [-0.2, -0.15) is 0 Å². The first-order valence-electron chi connectivity index (χ1n) is 7.42. The first-order valence-corrected chi connectivity index (χ1v) is 7.42. The molecule has 110 valence electrons. The zero-order valence-electron chi connectivity index (χ0n) is 12.4. The molecule has 1 fully saturated rings. The number of hydrogen-bond acceptors (Lipinski definition) is 4. The van der Waals surface area contributed by atoms with Gasteiger partial charge in [-0.3, -0.25) is 4.98 Å². The molecule has 2 aromatic rings. The molecule has 21 heavy (non-hydrogen) atoms. The van der Waals surface area contributed by atoms with E-state index in [1.165, 1.54) is 5.69 Å². The van der Waals surface area contributed by atoms with E-state index in [1.807, 2.05) is 24.4 Å². The van der Waals surface area contributed by atoms with Crippen molar-refractivity contribution >= 4 is 5.69 Å². The Morgan fingerprint density at radius 3 is 2.76 bits per heavy atom. The summed E-state index contributed by atoms with van der Waals surface area (Å²) < 4.78 is 6.03. The van der Waals surface area contributed by atoms with E-state index in [0.717, 1.165) is 43.2 Å². The minimum absolute atomic E-state index is 0.510.